The van der Waals surface area contributed by atoms with Crippen molar-refractivity contribution in [3.63, 3.8) is 0 Å². The van der Waals surface area contributed by atoms with Crippen LogP contribution < -0.4 is 0 Å². The van der Waals surface area contributed by atoms with Gasteiger partial charge in [0, 0.05) is 27.5 Å². The van der Waals surface area contributed by atoms with Gasteiger partial charge in [-0.25, -0.2) is 4.98 Å². The number of aromatic nitrogens is 1. The summed E-state index contributed by atoms with van der Waals surface area (Å²) in [6.45, 7) is 1.60. The molecule has 0 radical (unpaired) electrons. The Morgan fingerprint density at radius 1 is 1.38 bits per heavy atom. The van der Waals surface area contributed by atoms with Crippen LogP contribution in [0.3, 0.4) is 0 Å². The van der Waals surface area contributed by atoms with Crippen molar-refractivity contribution in [1.29, 1.82) is 0 Å². The Labute approximate surface area is 106 Å². The number of thiazole rings is 1. The first-order chi connectivity index (χ1) is 7.65. The molecule has 2 aromatic rings. The zero-order valence-electron chi connectivity index (χ0n) is 8.74. The third-order valence-electron chi connectivity index (χ3n) is 2.07. The average Bonchev–Trinajstić information content (AvgIpc) is 2.66. The molecule has 0 aliphatic carbocycles. The molecule has 82 valence electrons. The lowest BCUT2D eigenvalue weighted by atomic mass is 10.2. The topological polar surface area (TPSA) is 30.0 Å². The molecule has 16 heavy (non-hydrogen) atoms. The molecule has 1 heterocycles. The van der Waals surface area contributed by atoms with Gasteiger partial charge < -0.3 is 0 Å². The van der Waals surface area contributed by atoms with Gasteiger partial charge in [-0.1, -0.05) is 28.1 Å². The lowest BCUT2D eigenvalue weighted by molar-refractivity contribution is -0.116. The van der Waals surface area contributed by atoms with E-state index in [1.54, 1.807) is 24.5 Å². The minimum Gasteiger partial charge on any atom is -0.300 e. The fourth-order valence-electron chi connectivity index (χ4n) is 1.36. The van der Waals surface area contributed by atoms with E-state index in [4.69, 9.17) is 0 Å². The summed E-state index contributed by atoms with van der Waals surface area (Å²) in [5.74, 6) is 0.172. The number of benzene rings is 1. The fraction of sp³-hybridized carbons (Fsp3) is 0.167. The van der Waals surface area contributed by atoms with E-state index in [1.165, 1.54) is 0 Å². The van der Waals surface area contributed by atoms with E-state index in [0.29, 0.717) is 6.42 Å². The van der Waals surface area contributed by atoms with Gasteiger partial charge in [-0.2, -0.15) is 0 Å². The molecule has 0 bridgehead atoms. The second-order valence-corrected chi connectivity index (χ2v) is 5.55. The fourth-order valence-corrected chi connectivity index (χ4v) is 2.61. The number of Topliss-reactive ketones (excluding diaryl/α,β-unsaturated/α-hetero) is 1. The molecular formula is C12H10BrNOS. The van der Waals surface area contributed by atoms with E-state index in [1.807, 2.05) is 24.3 Å². The zero-order valence-corrected chi connectivity index (χ0v) is 11.1. The van der Waals surface area contributed by atoms with E-state index in [2.05, 4.69) is 20.9 Å². The van der Waals surface area contributed by atoms with Crippen LogP contribution in [-0.2, 0) is 11.2 Å². The largest absolute Gasteiger partial charge is 0.300 e. The predicted octanol–water partition coefficient (Wildman–Crippen LogP) is 3.70. The molecule has 0 aliphatic rings. The summed E-state index contributed by atoms with van der Waals surface area (Å²) in [4.78, 5) is 16.3. The van der Waals surface area contributed by atoms with E-state index < -0.39 is 0 Å². The molecule has 0 saturated heterocycles. The Morgan fingerprint density at radius 2 is 2.06 bits per heavy atom. The highest BCUT2D eigenvalue weighted by Gasteiger charge is 2.06. The molecule has 1 aromatic heterocycles. The maximum absolute atomic E-state index is 11.0. The number of nitrogens with zero attached hydrogens (tertiary/aromatic N) is 1. The van der Waals surface area contributed by atoms with Gasteiger partial charge >= 0.3 is 0 Å². The predicted molar refractivity (Wildman–Crippen MR) is 69.6 cm³/mol. The van der Waals surface area contributed by atoms with Crippen molar-refractivity contribution < 1.29 is 4.79 Å². The first kappa shape index (κ1) is 11.5. The van der Waals surface area contributed by atoms with Crippen LogP contribution in [0.4, 0.5) is 0 Å². The zero-order chi connectivity index (χ0) is 11.5. The number of hydrogen-bond donors (Lipinski definition) is 0. The summed E-state index contributed by atoms with van der Waals surface area (Å²) in [6.07, 6.45) is 2.26. The molecule has 0 atom stereocenters. The molecule has 4 heteroatoms. The number of carbonyl (C=O) groups excluding carboxylic acids is 1. The van der Waals surface area contributed by atoms with Gasteiger partial charge in [0.2, 0.25) is 0 Å². The summed E-state index contributed by atoms with van der Waals surface area (Å²) >= 11 is 4.97. The third kappa shape index (κ3) is 2.77. The Morgan fingerprint density at radius 3 is 2.69 bits per heavy atom. The van der Waals surface area contributed by atoms with Crippen molar-refractivity contribution in [2.75, 3.05) is 0 Å². The first-order valence-electron chi connectivity index (χ1n) is 4.85. The minimum atomic E-state index is 0.172. The monoisotopic (exact) mass is 295 g/mol. The van der Waals surface area contributed by atoms with Gasteiger partial charge in [-0.15, -0.1) is 11.3 Å². The summed E-state index contributed by atoms with van der Waals surface area (Å²) in [5, 5.41) is 0.962. The van der Waals surface area contributed by atoms with E-state index >= 15 is 0 Å². The van der Waals surface area contributed by atoms with Gasteiger partial charge in [0.05, 0.1) is 0 Å². The smallest absolute Gasteiger partial charge is 0.135 e. The summed E-state index contributed by atoms with van der Waals surface area (Å²) in [6, 6.07) is 8.00. The standard InChI is InChI=1S/C12H10BrNOS/c1-8(15)6-11-7-14-12(16-11)9-2-4-10(13)5-3-9/h2-5,7H,6H2,1H3. The molecule has 0 unspecified atom stereocenters. The summed E-state index contributed by atoms with van der Waals surface area (Å²) < 4.78 is 1.05. The maximum Gasteiger partial charge on any atom is 0.135 e. The van der Waals surface area contributed by atoms with Crippen molar-refractivity contribution in [2.45, 2.75) is 13.3 Å². The van der Waals surface area contributed by atoms with Gasteiger partial charge in [-0.05, 0) is 19.1 Å². The number of rotatable bonds is 3. The SMILES string of the molecule is CC(=O)Cc1cnc(-c2ccc(Br)cc2)s1. The Balaban J connectivity index is 2.24. The van der Waals surface area contributed by atoms with Gasteiger partial charge in [-0.3, -0.25) is 4.79 Å². The molecule has 2 nitrogen and oxygen atoms in total. The lowest BCUT2D eigenvalue weighted by Gasteiger charge is -1.95. The van der Waals surface area contributed by atoms with Crippen LogP contribution in [0, 0.1) is 0 Å². The molecular weight excluding hydrogens is 286 g/mol. The van der Waals surface area contributed by atoms with Gasteiger partial charge in [0.25, 0.3) is 0 Å². The number of ketones is 1. The Hall–Kier alpha value is -1.000. The second-order valence-electron chi connectivity index (χ2n) is 3.52. The van der Waals surface area contributed by atoms with Crippen LogP contribution in [0.5, 0.6) is 0 Å². The Kier molecular flexibility index (Phi) is 3.51. The molecule has 0 saturated carbocycles. The normalized spacial score (nSPS) is 10.4. The highest BCUT2D eigenvalue weighted by atomic mass is 79.9. The summed E-state index contributed by atoms with van der Waals surface area (Å²) in [7, 11) is 0. The van der Waals surface area contributed by atoms with Gasteiger partial charge in [0.15, 0.2) is 0 Å². The Bertz CT molecular complexity index is 504. The van der Waals surface area contributed by atoms with Crippen molar-refractivity contribution in [1.82, 2.24) is 4.98 Å². The highest BCUT2D eigenvalue weighted by molar-refractivity contribution is 9.10. The summed E-state index contributed by atoms with van der Waals surface area (Å²) in [5.41, 5.74) is 1.09. The maximum atomic E-state index is 11.0. The average molecular weight is 296 g/mol. The minimum absolute atomic E-state index is 0.172. The van der Waals surface area contributed by atoms with Crippen LogP contribution in [-0.4, -0.2) is 10.8 Å². The third-order valence-corrected chi connectivity index (χ3v) is 3.64. The van der Waals surface area contributed by atoms with Crippen LogP contribution in [0.15, 0.2) is 34.9 Å². The molecule has 0 aliphatic heterocycles. The molecule has 1 aromatic carbocycles. The first-order valence-corrected chi connectivity index (χ1v) is 6.46. The van der Waals surface area contributed by atoms with Crippen LogP contribution >= 0.6 is 27.3 Å². The van der Waals surface area contributed by atoms with E-state index in [0.717, 1.165) is 19.9 Å². The van der Waals surface area contributed by atoms with E-state index in [-0.39, 0.29) is 5.78 Å². The molecule has 0 fully saturated rings. The van der Waals surface area contributed by atoms with Crippen molar-refractivity contribution >= 4 is 33.0 Å². The van der Waals surface area contributed by atoms with Crippen molar-refractivity contribution in [2.24, 2.45) is 0 Å². The molecule has 0 spiro atoms. The highest BCUT2D eigenvalue weighted by Crippen LogP contribution is 2.26. The molecule has 0 amide bonds. The van der Waals surface area contributed by atoms with Crippen molar-refractivity contribution in [3.05, 3.63) is 39.8 Å². The van der Waals surface area contributed by atoms with Crippen LogP contribution in [0.1, 0.15) is 11.8 Å². The number of hydrogen-bond acceptors (Lipinski definition) is 3. The second kappa shape index (κ2) is 4.89. The quantitative estimate of drug-likeness (QED) is 0.864. The molecule has 0 N–H and O–H groups in total. The lowest BCUT2D eigenvalue weighted by Crippen LogP contribution is -1.92. The van der Waals surface area contributed by atoms with Crippen LogP contribution in [0.25, 0.3) is 10.6 Å². The number of halogens is 1. The number of carbonyl (C=O) groups is 1. The molecule has 2 rings (SSSR count). The van der Waals surface area contributed by atoms with Crippen LogP contribution in [0.2, 0.25) is 0 Å². The van der Waals surface area contributed by atoms with Crippen molar-refractivity contribution in [3.8, 4) is 10.6 Å². The van der Waals surface area contributed by atoms with Gasteiger partial charge in [0.1, 0.15) is 10.8 Å². The van der Waals surface area contributed by atoms with E-state index in [9.17, 15) is 4.79 Å².